The largest absolute Gasteiger partial charge is 0.391 e. The summed E-state index contributed by atoms with van der Waals surface area (Å²) >= 11 is 3.86. The first-order chi connectivity index (χ1) is 21.2. The molecule has 7 fully saturated rings. The van der Waals surface area contributed by atoms with Gasteiger partial charge in [0.05, 0.1) is 11.5 Å². The van der Waals surface area contributed by atoms with Gasteiger partial charge in [0.1, 0.15) is 12.1 Å². The van der Waals surface area contributed by atoms with E-state index in [1.165, 1.54) is 50.5 Å². The fourth-order valence-corrected chi connectivity index (χ4v) is 11.8. The molecule has 2 heterocycles. The number of rotatable bonds is 8. The van der Waals surface area contributed by atoms with Gasteiger partial charge in [-0.2, -0.15) is 0 Å². The average molecular weight is 674 g/mol. The zero-order valence-electron chi connectivity index (χ0n) is 26.5. The molecular weight excluding hydrogens is 620 g/mol. The average Bonchev–Trinajstić information content (AvgIpc) is 3.59. The summed E-state index contributed by atoms with van der Waals surface area (Å²) in [5.74, 6) is 2.45. The minimum absolute atomic E-state index is 0.0544. The van der Waals surface area contributed by atoms with Gasteiger partial charge in [-0.05, 0) is 106 Å². The van der Waals surface area contributed by atoms with Crippen molar-refractivity contribution in [2.24, 2.45) is 35.0 Å². The summed E-state index contributed by atoms with van der Waals surface area (Å²) in [6.07, 6.45) is 18.0. The molecule has 2 aliphatic heterocycles. The molecule has 8 aliphatic rings. The number of aliphatic hydroxyl groups is 1. The third-order valence-corrected chi connectivity index (χ3v) is 14.0. The number of aliphatic hydroxyl groups excluding tert-OH is 1. The third-order valence-electron chi connectivity index (χ3n) is 12.8. The molecule has 8 nitrogen and oxygen atoms in total. The Balaban J connectivity index is 1.08. The van der Waals surface area contributed by atoms with Crippen molar-refractivity contribution in [3.63, 3.8) is 0 Å². The molecule has 44 heavy (non-hydrogen) atoms. The first-order valence-electron chi connectivity index (χ1n) is 17.8. The Morgan fingerprint density at radius 2 is 1.68 bits per heavy atom. The van der Waals surface area contributed by atoms with Crippen molar-refractivity contribution >= 4 is 33.7 Å². The molecule has 244 valence electrons. The van der Waals surface area contributed by atoms with Crippen LogP contribution in [0.1, 0.15) is 103 Å². The highest BCUT2D eigenvalue weighted by atomic mass is 79.9. The maximum absolute atomic E-state index is 14.3. The Kier molecular flexibility index (Phi) is 8.84. The number of β-amino-alcohol motifs (C(OH)–C–C–N with tert-alkyl or cyclic N) is 1. The highest BCUT2D eigenvalue weighted by Crippen LogP contribution is 2.61. The highest BCUT2D eigenvalue weighted by Gasteiger charge is 2.57. The number of nitrogens with one attached hydrogen (secondary N) is 2. The molecular formula is C35H53BrN4O4. The molecule has 6 saturated carbocycles. The summed E-state index contributed by atoms with van der Waals surface area (Å²) in [5, 5.41) is 17.5. The second kappa shape index (κ2) is 12.5. The molecule has 3 amide bonds. The van der Waals surface area contributed by atoms with Crippen LogP contribution in [0.4, 0.5) is 0 Å². The summed E-state index contributed by atoms with van der Waals surface area (Å²) in [4.78, 5) is 46.6. The van der Waals surface area contributed by atoms with Crippen LogP contribution < -0.4 is 10.6 Å². The third kappa shape index (κ3) is 5.98. The SMILES string of the molecule is CN(CC1CCCCC1Br)C(=O)C(CC1=CNC2CCCCC12)NC(=O)C1C[C@@H](O)CN1C(=O)C12CC3CC(CC(C3)C1)C2. The summed E-state index contributed by atoms with van der Waals surface area (Å²) in [5.41, 5.74) is 0.862. The van der Waals surface area contributed by atoms with Crippen molar-refractivity contribution in [2.45, 2.75) is 132 Å². The molecule has 3 N–H and O–H groups in total. The van der Waals surface area contributed by atoms with E-state index >= 15 is 0 Å². The normalized spacial score (nSPS) is 41.5. The Morgan fingerprint density at radius 3 is 2.39 bits per heavy atom. The summed E-state index contributed by atoms with van der Waals surface area (Å²) in [7, 11) is 1.88. The van der Waals surface area contributed by atoms with Crippen LogP contribution in [0.25, 0.3) is 0 Å². The first-order valence-corrected chi connectivity index (χ1v) is 18.7. The van der Waals surface area contributed by atoms with E-state index < -0.39 is 18.2 Å². The van der Waals surface area contributed by atoms with Crippen molar-refractivity contribution in [1.82, 2.24) is 20.4 Å². The molecule has 0 aromatic carbocycles. The van der Waals surface area contributed by atoms with Gasteiger partial charge in [0, 0.05) is 43.3 Å². The number of halogens is 1. The van der Waals surface area contributed by atoms with Crippen molar-refractivity contribution in [3.05, 3.63) is 11.8 Å². The van der Waals surface area contributed by atoms with Crippen LogP contribution in [0, 0.1) is 35.0 Å². The van der Waals surface area contributed by atoms with Crippen LogP contribution in [-0.2, 0) is 14.4 Å². The second-order valence-corrected chi connectivity index (χ2v) is 17.2. The number of likely N-dealkylation sites (tertiary alicyclic amines) is 1. The summed E-state index contributed by atoms with van der Waals surface area (Å²) < 4.78 is 0. The number of amides is 3. The number of alkyl halides is 1. The molecule has 9 heteroatoms. The Labute approximate surface area is 271 Å². The van der Waals surface area contributed by atoms with Gasteiger partial charge in [0.25, 0.3) is 0 Å². The lowest BCUT2D eigenvalue weighted by atomic mass is 9.49. The van der Waals surface area contributed by atoms with Crippen molar-refractivity contribution in [2.75, 3.05) is 20.1 Å². The summed E-state index contributed by atoms with van der Waals surface area (Å²) in [6, 6.07) is -0.986. The van der Waals surface area contributed by atoms with E-state index in [1.807, 2.05) is 11.9 Å². The topological polar surface area (TPSA) is 102 Å². The van der Waals surface area contributed by atoms with E-state index in [9.17, 15) is 19.5 Å². The van der Waals surface area contributed by atoms with Gasteiger partial charge < -0.3 is 25.5 Å². The number of carbonyl (C=O) groups is 3. The molecule has 0 aromatic rings. The number of hydrogen-bond donors (Lipinski definition) is 3. The van der Waals surface area contributed by atoms with Gasteiger partial charge in [-0.15, -0.1) is 0 Å². The molecule has 0 spiro atoms. The van der Waals surface area contributed by atoms with Gasteiger partial charge in [-0.25, -0.2) is 0 Å². The monoisotopic (exact) mass is 672 g/mol. The molecule has 6 aliphatic carbocycles. The van der Waals surface area contributed by atoms with Crippen molar-refractivity contribution in [1.29, 1.82) is 0 Å². The van der Waals surface area contributed by atoms with Gasteiger partial charge in [0.15, 0.2) is 0 Å². The standard InChI is InChI=1S/C35H53BrN4O4/c1-39(19-24-6-2-4-8-28(24)36)33(43)30(13-25-18-37-29-9-5-3-7-27(25)29)38-32(42)31-14-26(41)20-40(31)34(44)35-15-21-10-22(16-35)12-23(11-21)17-35/h18,21-24,26-31,37,41H,2-17,19-20H2,1H3,(H,38,42)/t21?,22?,23?,24?,26-,27?,28?,29?,30?,31?,35?/m1/s1. The molecule has 6 unspecified atom stereocenters. The molecule has 8 rings (SSSR count). The van der Waals surface area contributed by atoms with Gasteiger partial charge in [-0.1, -0.05) is 41.6 Å². The Hall–Kier alpha value is -1.61. The van der Waals surface area contributed by atoms with Crippen molar-refractivity contribution < 1.29 is 19.5 Å². The lowest BCUT2D eigenvalue weighted by Crippen LogP contribution is -2.58. The molecule has 0 aromatic heterocycles. The van der Waals surface area contributed by atoms with Crippen LogP contribution in [0.2, 0.25) is 0 Å². The van der Waals surface area contributed by atoms with E-state index in [-0.39, 0.29) is 36.1 Å². The number of carbonyl (C=O) groups excluding carboxylic acids is 3. The van der Waals surface area contributed by atoms with E-state index in [4.69, 9.17) is 0 Å². The van der Waals surface area contributed by atoms with Gasteiger partial charge in [-0.3, -0.25) is 14.4 Å². The lowest BCUT2D eigenvalue weighted by molar-refractivity contribution is -0.160. The smallest absolute Gasteiger partial charge is 0.245 e. The van der Waals surface area contributed by atoms with Crippen LogP contribution in [0.15, 0.2) is 11.8 Å². The Bertz CT molecular complexity index is 1120. The van der Waals surface area contributed by atoms with Crippen LogP contribution in [0.5, 0.6) is 0 Å². The van der Waals surface area contributed by atoms with Gasteiger partial charge in [0.2, 0.25) is 17.7 Å². The van der Waals surface area contributed by atoms with Crippen LogP contribution in [0.3, 0.4) is 0 Å². The molecule has 1 saturated heterocycles. The van der Waals surface area contributed by atoms with Crippen LogP contribution in [-0.4, -0.2) is 81.8 Å². The second-order valence-electron chi connectivity index (χ2n) is 16.0. The molecule has 4 bridgehead atoms. The fourth-order valence-electron chi connectivity index (χ4n) is 11.0. The fraction of sp³-hybridized carbons (Fsp3) is 0.857. The Morgan fingerprint density at radius 1 is 1.02 bits per heavy atom. The summed E-state index contributed by atoms with van der Waals surface area (Å²) in [6.45, 7) is 0.883. The predicted molar refractivity (Wildman–Crippen MR) is 173 cm³/mol. The number of hydrogen-bond acceptors (Lipinski definition) is 5. The maximum atomic E-state index is 14.3. The lowest BCUT2D eigenvalue weighted by Gasteiger charge is -2.56. The minimum Gasteiger partial charge on any atom is -0.391 e. The zero-order valence-corrected chi connectivity index (χ0v) is 28.1. The van der Waals surface area contributed by atoms with Gasteiger partial charge >= 0.3 is 0 Å². The van der Waals surface area contributed by atoms with E-state index in [1.54, 1.807) is 4.90 Å². The first kappa shape index (κ1) is 31.0. The van der Waals surface area contributed by atoms with E-state index in [0.717, 1.165) is 44.9 Å². The number of likely N-dealkylation sites (N-methyl/N-ethyl adjacent to an activating group) is 1. The molecule has 7 atom stereocenters. The zero-order chi connectivity index (χ0) is 30.6. The molecule has 0 radical (unpaired) electrons. The van der Waals surface area contributed by atoms with Crippen molar-refractivity contribution in [3.8, 4) is 0 Å². The van der Waals surface area contributed by atoms with E-state index in [0.29, 0.717) is 53.4 Å². The number of fused-ring (bicyclic) bond motifs is 1. The van der Waals surface area contributed by atoms with Crippen LogP contribution >= 0.6 is 15.9 Å². The quantitative estimate of drug-likeness (QED) is 0.330. The highest BCUT2D eigenvalue weighted by molar-refractivity contribution is 9.09. The number of nitrogens with zero attached hydrogens (tertiary/aromatic N) is 2. The van der Waals surface area contributed by atoms with E-state index in [2.05, 4.69) is 32.8 Å². The minimum atomic E-state index is -0.727. The maximum Gasteiger partial charge on any atom is 0.245 e. The predicted octanol–water partition coefficient (Wildman–Crippen LogP) is 4.50.